The van der Waals surface area contributed by atoms with Gasteiger partial charge in [0.15, 0.2) is 13.2 Å². The number of fused-ring (bicyclic) bond motifs is 2. The average molecular weight is 439 g/mol. The Labute approximate surface area is 188 Å². The molecule has 32 heavy (non-hydrogen) atoms. The molecule has 0 bridgehead atoms. The highest BCUT2D eigenvalue weighted by Gasteiger charge is 2.19. The molecule has 3 rings (SSSR count). The van der Waals surface area contributed by atoms with Crippen molar-refractivity contribution >= 4 is 33.5 Å². The molecule has 0 atom stereocenters. The Morgan fingerprint density at radius 1 is 0.719 bits per heavy atom. The Kier molecular flexibility index (Phi) is 7.57. The van der Waals surface area contributed by atoms with Crippen LogP contribution < -0.4 is 9.47 Å². The normalized spacial score (nSPS) is 11.2. The summed E-state index contributed by atoms with van der Waals surface area (Å²) in [6.45, 7) is 8.86. The minimum absolute atomic E-state index is 0.200. The van der Waals surface area contributed by atoms with Gasteiger partial charge in [-0.2, -0.15) is 0 Å². The second-order valence-corrected chi connectivity index (χ2v) is 8.09. The topological polar surface area (TPSA) is 71.1 Å². The summed E-state index contributed by atoms with van der Waals surface area (Å²) in [7, 11) is 0. The standard InChI is InChI=1S/C26H30O6/c1-6-18-11-12-21-22(13-18)26(30-15-24(28)32-17(4)5)20-10-8-7-9-19(20)25(21)29-14-23(27)31-16(2)3/h7-13,16-17H,6,14-15H2,1-5H3. The van der Waals surface area contributed by atoms with Crippen LogP contribution in [0, 0.1) is 0 Å². The molecular weight excluding hydrogens is 408 g/mol. The maximum atomic E-state index is 12.1. The van der Waals surface area contributed by atoms with Crippen LogP contribution in [-0.2, 0) is 25.5 Å². The van der Waals surface area contributed by atoms with Crippen LogP contribution in [0.1, 0.15) is 40.2 Å². The zero-order valence-electron chi connectivity index (χ0n) is 19.3. The van der Waals surface area contributed by atoms with Gasteiger partial charge in [0.25, 0.3) is 0 Å². The van der Waals surface area contributed by atoms with Gasteiger partial charge in [0.1, 0.15) is 11.5 Å². The maximum absolute atomic E-state index is 12.1. The minimum Gasteiger partial charge on any atom is -0.481 e. The Morgan fingerprint density at radius 3 is 1.66 bits per heavy atom. The highest BCUT2D eigenvalue weighted by molar-refractivity contribution is 6.11. The summed E-state index contributed by atoms with van der Waals surface area (Å²) in [4.78, 5) is 24.2. The van der Waals surface area contributed by atoms with E-state index in [-0.39, 0.29) is 25.4 Å². The van der Waals surface area contributed by atoms with Crippen LogP contribution in [-0.4, -0.2) is 37.4 Å². The Bertz CT molecular complexity index is 1120. The van der Waals surface area contributed by atoms with Crippen LogP contribution >= 0.6 is 0 Å². The van der Waals surface area contributed by atoms with Crippen molar-refractivity contribution in [1.82, 2.24) is 0 Å². The molecule has 0 N–H and O–H groups in total. The number of carbonyl (C=O) groups excluding carboxylic acids is 2. The van der Waals surface area contributed by atoms with Crippen LogP contribution in [0.2, 0.25) is 0 Å². The largest absolute Gasteiger partial charge is 0.481 e. The van der Waals surface area contributed by atoms with E-state index in [0.29, 0.717) is 11.5 Å². The van der Waals surface area contributed by atoms with Gasteiger partial charge in [0.05, 0.1) is 12.2 Å². The molecule has 0 amide bonds. The highest BCUT2D eigenvalue weighted by Crippen LogP contribution is 2.43. The zero-order chi connectivity index (χ0) is 23.3. The monoisotopic (exact) mass is 438 g/mol. The summed E-state index contributed by atoms with van der Waals surface area (Å²) in [5, 5.41) is 3.18. The zero-order valence-corrected chi connectivity index (χ0v) is 19.3. The fourth-order valence-electron chi connectivity index (χ4n) is 3.53. The smallest absolute Gasteiger partial charge is 0.344 e. The molecule has 0 saturated heterocycles. The van der Waals surface area contributed by atoms with Crippen molar-refractivity contribution in [2.75, 3.05) is 13.2 Å². The number of carbonyl (C=O) groups is 2. The van der Waals surface area contributed by atoms with Gasteiger partial charge in [-0.15, -0.1) is 0 Å². The van der Waals surface area contributed by atoms with Gasteiger partial charge in [-0.3, -0.25) is 0 Å². The number of aryl methyl sites for hydroxylation is 1. The number of ether oxygens (including phenoxy) is 4. The first-order valence-electron chi connectivity index (χ1n) is 10.9. The molecule has 3 aromatic rings. The van der Waals surface area contributed by atoms with Crippen LogP contribution in [0.3, 0.4) is 0 Å². The molecule has 0 aliphatic heterocycles. The van der Waals surface area contributed by atoms with E-state index in [2.05, 4.69) is 6.92 Å². The predicted molar refractivity (Wildman–Crippen MR) is 124 cm³/mol. The van der Waals surface area contributed by atoms with Gasteiger partial charge in [0.2, 0.25) is 0 Å². The van der Waals surface area contributed by atoms with Gasteiger partial charge in [-0.1, -0.05) is 43.3 Å². The molecule has 0 aliphatic carbocycles. The molecule has 0 heterocycles. The second-order valence-electron chi connectivity index (χ2n) is 8.09. The van der Waals surface area contributed by atoms with Crippen LogP contribution in [0.4, 0.5) is 0 Å². The molecule has 0 radical (unpaired) electrons. The molecule has 170 valence electrons. The van der Waals surface area contributed by atoms with Crippen molar-refractivity contribution in [3.63, 3.8) is 0 Å². The first-order chi connectivity index (χ1) is 15.3. The predicted octanol–water partition coefficient (Wildman–Crippen LogP) is 5.22. The lowest BCUT2D eigenvalue weighted by Gasteiger charge is -2.18. The first kappa shape index (κ1) is 23.4. The van der Waals surface area contributed by atoms with Crippen LogP contribution in [0.25, 0.3) is 21.5 Å². The van der Waals surface area contributed by atoms with Crippen LogP contribution in [0.5, 0.6) is 11.5 Å². The number of hydrogen-bond acceptors (Lipinski definition) is 6. The van der Waals surface area contributed by atoms with E-state index in [1.54, 1.807) is 27.7 Å². The van der Waals surface area contributed by atoms with Gasteiger partial charge in [-0.25, -0.2) is 9.59 Å². The van der Waals surface area contributed by atoms with Crippen molar-refractivity contribution in [3.05, 3.63) is 48.0 Å². The van der Waals surface area contributed by atoms with E-state index in [0.717, 1.165) is 33.5 Å². The summed E-state index contributed by atoms with van der Waals surface area (Å²) in [5.74, 6) is 0.305. The Balaban J connectivity index is 2.09. The first-order valence-corrected chi connectivity index (χ1v) is 10.9. The molecule has 6 nitrogen and oxygen atoms in total. The van der Waals surface area contributed by atoms with Crippen molar-refractivity contribution < 1.29 is 28.5 Å². The third-order valence-electron chi connectivity index (χ3n) is 4.80. The fourth-order valence-corrected chi connectivity index (χ4v) is 3.53. The molecule has 0 spiro atoms. The number of esters is 2. The summed E-state index contributed by atoms with van der Waals surface area (Å²) >= 11 is 0. The minimum atomic E-state index is -0.431. The van der Waals surface area contributed by atoms with E-state index < -0.39 is 11.9 Å². The molecule has 6 heteroatoms. The molecular formula is C26H30O6. The van der Waals surface area contributed by atoms with E-state index in [1.807, 2.05) is 42.5 Å². The van der Waals surface area contributed by atoms with E-state index in [1.165, 1.54) is 0 Å². The lowest BCUT2D eigenvalue weighted by molar-refractivity contribution is -0.150. The van der Waals surface area contributed by atoms with Gasteiger partial charge >= 0.3 is 11.9 Å². The number of rotatable bonds is 9. The Hall–Kier alpha value is -3.28. The highest BCUT2D eigenvalue weighted by atomic mass is 16.6. The molecule has 0 unspecified atom stereocenters. The van der Waals surface area contributed by atoms with E-state index in [4.69, 9.17) is 18.9 Å². The van der Waals surface area contributed by atoms with Crippen molar-refractivity contribution in [1.29, 1.82) is 0 Å². The Morgan fingerprint density at radius 2 is 1.19 bits per heavy atom. The maximum Gasteiger partial charge on any atom is 0.344 e. The fraction of sp³-hybridized carbons (Fsp3) is 0.385. The lowest BCUT2D eigenvalue weighted by atomic mass is 9.98. The van der Waals surface area contributed by atoms with Gasteiger partial charge < -0.3 is 18.9 Å². The SMILES string of the molecule is CCc1ccc2c(OCC(=O)OC(C)C)c3ccccc3c(OCC(=O)OC(C)C)c2c1. The molecule has 3 aromatic carbocycles. The van der Waals surface area contributed by atoms with Crippen molar-refractivity contribution in [2.45, 2.75) is 53.2 Å². The molecule has 0 fully saturated rings. The number of hydrogen-bond donors (Lipinski definition) is 0. The lowest BCUT2D eigenvalue weighted by Crippen LogP contribution is -2.19. The summed E-state index contributed by atoms with van der Waals surface area (Å²) in [6, 6.07) is 13.6. The molecule has 0 saturated carbocycles. The van der Waals surface area contributed by atoms with Gasteiger partial charge in [-0.05, 0) is 45.7 Å². The number of benzene rings is 3. The third-order valence-corrected chi connectivity index (χ3v) is 4.80. The van der Waals surface area contributed by atoms with Gasteiger partial charge in [0, 0.05) is 21.5 Å². The summed E-state index contributed by atoms with van der Waals surface area (Å²) in [5.41, 5.74) is 1.12. The molecule has 0 aromatic heterocycles. The second kappa shape index (κ2) is 10.4. The third kappa shape index (κ3) is 5.49. The van der Waals surface area contributed by atoms with E-state index in [9.17, 15) is 9.59 Å². The van der Waals surface area contributed by atoms with Crippen LogP contribution in [0.15, 0.2) is 42.5 Å². The van der Waals surface area contributed by atoms with Crippen molar-refractivity contribution in [3.8, 4) is 11.5 Å². The summed E-state index contributed by atoms with van der Waals surface area (Å²) < 4.78 is 22.4. The van der Waals surface area contributed by atoms with E-state index >= 15 is 0 Å². The summed E-state index contributed by atoms with van der Waals surface area (Å²) in [6.07, 6.45) is 0.412. The van der Waals surface area contributed by atoms with Crippen molar-refractivity contribution in [2.24, 2.45) is 0 Å². The molecule has 0 aliphatic rings. The quantitative estimate of drug-likeness (QED) is 0.337. The average Bonchev–Trinajstić information content (AvgIpc) is 2.74.